The van der Waals surface area contributed by atoms with Gasteiger partial charge >= 0.3 is 0 Å². The Morgan fingerprint density at radius 2 is 1.97 bits per heavy atom. The van der Waals surface area contributed by atoms with Crippen LogP contribution in [0.2, 0.25) is 0 Å². The Kier molecular flexibility index (Phi) is 6.94. The van der Waals surface area contributed by atoms with Crippen molar-refractivity contribution >= 4 is 11.5 Å². The first-order valence-corrected chi connectivity index (χ1v) is 10.5. The smallest absolute Gasteiger partial charge is 0.236 e. The standard InChI is InChI=1S/C23H33N5O/c1-6-8-9-19(7-2)23-20-10-11-26(16-21(20)25(5)24-23)17-22(29)28-14-12-27(13-15-28)18(3)4/h2,6,8-9,18H,10-17H2,1,3-5H3/b8-6-,19-9+. The molecule has 1 amide bonds. The fraction of sp³-hybridized carbons (Fsp3) is 0.565. The molecule has 6 heteroatoms. The summed E-state index contributed by atoms with van der Waals surface area (Å²) in [6.45, 7) is 12.0. The van der Waals surface area contributed by atoms with E-state index in [1.165, 1.54) is 5.56 Å². The molecular weight excluding hydrogens is 362 g/mol. The SMILES string of the molecule is C#C/C(=C\C=C/C)c1nn(C)c2c1CCN(CC(=O)N1CCN(C(C)C)CC1)C2. The fourth-order valence-electron chi connectivity index (χ4n) is 4.14. The molecule has 0 radical (unpaired) electrons. The molecule has 3 rings (SSSR count). The number of amides is 1. The summed E-state index contributed by atoms with van der Waals surface area (Å²) in [6.07, 6.45) is 12.4. The third kappa shape index (κ3) is 4.80. The van der Waals surface area contributed by atoms with Crippen LogP contribution in [-0.2, 0) is 24.8 Å². The summed E-state index contributed by atoms with van der Waals surface area (Å²) >= 11 is 0. The lowest BCUT2D eigenvalue weighted by Crippen LogP contribution is -2.53. The number of nitrogens with zero attached hydrogens (tertiary/aromatic N) is 5. The molecule has 1 aromatic rings. The van der Waals surface area contributed by atoms with Gasteiger partial charge in [-0.05, 0) is 33.3 Å². The van der Waals surface area contributed by atoms with Gasteiger partial charge in [-0.25, -0.2) is 0 Å². The summed E-state index contributed by atoms with van der Waals surface area (Å²) in [6, 6.07) is 0.543. The van der Waals surface area contributed by atoms with Crippen LogP contribution < -0.4 is 0 Å². The van der Waals surface area contributed by atoms with E-state index in [0.717, 1.165) is 62.7 Å². The number of allylic oxidation sites excluding steroid dienone is 4. The van der Waals surface area contributed by atoms with E-state index in [0.29, 0.717) is 12.6 Å². The first kappa shape index (κ1) is 21.4. The predicted molar refractivity (Wildman–Crippen MR) is 117 cm³/mol. The molecule has 0 saturated carbocycles. The van der Waals surface area contributed by atoms with Crippen molar-refractivity contribution in [3.63, 3.8) is 0 Å². The maximum absolute atomic E-state index is 12.8. The van der Waals surface area contributed by atoms with Gasteiger partial charge in [0, 0.05) is 57.9 Å². The van der Waals surface area contributed by atoms with E-state index in [4.69, 9.17) is 6.42 Å². The Balaban J connectivity index is 1.65. The number of hydrogen-bond donors (Lipinski definition) is 0. The fourth-order valence-corrected chi connectivity index (χ4v) is 4.14. The number of carbonyl (C=O) groups is 1. The molecule has 1 aromatic heterocycles. The summed E-state index contributed by atoms with van der Waals surface area (Å²) < 4.78 is 1.92. The van der Waals surface area contributed by atoms with Gasteiger partial charge in [-0.15, -0.1) is 6.42 Å². The van der Waals surface area contributed by atoms with Crippen LogP contribution >= 0.6 is 0 Å². The van der Waals surface area contributed by atoms with E-state index in [9.17, 15) is 4.79 Å². The molecule has 1 fully saturated rings. The second kappa shape index (κ2) is 9.43. The molecule has 0 atom stereocenters. The number of fused-ring (bicyclic) bond motifs is 1. The number of rotatable bonds is 5. The van der Waals surface area contributed by atoms with Gasteiger partial charge < -0.3 is 4.90 Å². The van der Waals surface area contributed by atoms with Crippen molar-refractivity contribution in [3.05, 3.63) is 35.2 Å². The number of piperazine rings is 1. The largest absolute Gasteiger partial charge is 0.339 e. The van der Waals surface area contributed by atoms with E-state index in [1.807, 2.05) is 41.8 Å². The number of terminal acetylenes is 1. The number of aryl methyl sites for hydroxylation is 1. The molecule has 2 aliphatic heterocycles. The zero-order chi connectivity index (χ0) is 21.0. The summed E-state index contributed by atoms with van der Waals surface area (Å²) in [5.74, 6) is 3.00. The monoisotopic (exact) mass is 395 g/mol. The van der Waals surface area contributed by atoms with Crippen LogP contribution in [0.4, 0.5) is 0 Å². The van der Waals surface area contributed by atoms with Crippen molar-refractivity contribution in [2.24, 2.45) is 7.05 Å². The van der Waals surface area contributed by atoms with Crippen molar-refractivity contribution in [3.8, 4) is 12.3 Å². The van der Waals surface area contributed by atoms with Crippen LogP contribution in [0.5, 0.6) is 0 Å². The van der Waals surface area contributed by atoms with E-state index in [2.05, 4.69) is 34.7 Å². The highest BCUT2D eigenvalue weighted by molar-refractivity contribution is 5.80. The summed E-state index contributed by atoms with van der Waals surface area (Å²) in [5.41, 5.74) is 4.09. The Hall–Kier alpha value is -2.36. The average Bonchev–Trinajstić information content (AvgIpc) is 3.04. The molecule has 1 saturated heterocycles. The van der Waals surface area contributed by atoms with Gasteiger partial charge in [0.2, 0.25) is 5.91 Å². The van der Waals surface area contributed by atoms with Crippen LogP contribution in [0.15, 0.2) is 18.2 Å². The molecule has 0 unspecified atom stereocenters. The second-order valence-electron chi connectivity index (χ2n) is 8.12. The molecule has 0 bridgehead atoms. The summed E-state index contributed by atoms with van der Waals surface area (Å²) in [5, 5.41) is 4.69. The Morgan fingerprint density at radius 3 is 2.59 bits per heavy atom. The average molecular weight is 396 g/mol. The van der Waals surface area contributed by atoms with Crippen molar-refractivity contribution < 1.29 is 4.79 Å². The normalized spacial score (nSPS) is 19.0. The third-order valence-electron chi connectivity index (χ3n) is 5.95. The van der Waals surface area contributed by atoms with Gasteiger partial charge in [0.25, 0.3) is 0 Å². The number of aromatic nitrogens is 2. The van der Waals surface area contributed by atoms with Gasteiger partial charge in [0.05, 0.1) is 17.8 Å². The number of carbonyl (C=O) groups excluding carboxylic acids is 1. The van der Waals surface area contributed by atoms with Gasteiger partial charge in [0.15, 0.2) is 0 Å². The highest BCUT2D eigenvalue weighted by Gasteiger charge is 2.28. The zero-order valence-electron chi connectivity index (χ0n) is 18.2. The first-order valence-electron chi connectivity index (χ1n) is 10.5. The van der Waals surface area contributed by atoms with Gasteiger partial charge in [-0.3, -0.25) is 19.3 Å². The van der Waals surface area contributed by atoms with Crippen molar-refractivity contribution in [1.29, 1.82) is 0 Å². The molecule has 0 aliphatic carbocycles. The minimum absolute atomic E-state index is 0.233. The van der Waals surface area contributed by atoms with E-state index in [1.54, 1.807) is 0 Å². The van der Waals surface area contributed by atoms with Crippen LogP contribution in [0, 0.1) is 12.3 Å². The molecule has 0 aromatic carbocycles. The first-order chi connectivity index (χ1) is 13.9. The third-order valence-corrected chi connectivity index (χ3v) is 5.95. The van der Waals surface area contributed by atoms with Gasteiger partial charge in [-0.1, -0.05) is 18.1 Å². The van der Waals surface area contributed by atoms with E-state index >= 15 is 0 Å². The Bertz CT molecular complexity index is 834. The van der Waals surface area contributed by atoms with Crippen LogP contribution in [0.1, 0.15) is 37.7 Å². The van der Waals surface area contributed by atoms with Gasteiger partial charge in [0.1, 0.15) is 5.69 Å². The number of hydrogen-bond acceptors (Lipinski definition) is 4. The molecular formula is C23H33N5O. The van der Waals surface area contributed by atoms with Crippen LogP contribution in [-0.4, -0.2) is 75.7 Å². The molecule has 2 aliphatic rings. The van der Waals surface area contributed by atoms with Crippen LogP contribution in [0.25, 0.3) is 5.57 Å². The highest BCUT2D eigenvalue weighted by Crippen LogP contribution is 2.26. The van der Waals surface area contributed by atoms with E-state index in [-0.39, 0.29) is 5.91 Å². The maximum Gasteiger partial charge on any atom is 0.236 e. The van der Waals surface area contributed by atoms with Crippen LogP contribution in [0.3, 0.4) is 0 Å². The van der Waals surface area contributed by atoms with Gasteiger partial charge in [-0.2, -0.15) is 5.10 Å². The summed E-state index contributed by atoms with van der Waals surface area (Å²) in [4.78, 5) is 19.5. The topological polar surface area (TPSA) is 44.6 Å². The maximum atomic E-state index is 12.8. The minimum Gasteiger partial charge on any atom is -0.339 e. The molecule has 0 N–H and O–H groups in total. The molecule has 3 heterocycles. The van der Waals surface area contributed by atoms with E-state index < -0.39 is 0 Å². The van der Waals surface area contributed by atoms with Crippen molar-refractivity contribution in [2.45, 2.75) is 39.8 Å². The Morgan fingerprint density at radius 1 is 1.24 bits per heavy atom. The molecule has 29 heavy (non-hydrogen) atoms. The molecule has 0 spiro atoms. The lowest BCUT2D eigenvalue weighted by molar-refractivity contribution is -0.134. The predicted octanol–water partition coefficient (Wildman–Crippen LogP) is 1.92. The highest BCUT2D eigenvalue weighted by atomic mass is 16.2. The molecule has 156 valence electrons. The molecule has 6 nitrogen and oxygen atoms in total. The van der Waals surface area contributed by atoms with Crippen molar-refractivity contribution in [2.75, 3.05) is 39.3 Å². The zero-order valence-corrected chi connectivity index (χ0v) is 18.2. The minimum atomic E-state index is 0.233. The Labute approximate surface area is 174 Å². The summed E-state index contributed by atoms with van der Waals surface area (Å²) in [7, 11) is 1.96. The quantitative estimate of drug-likeness (QED) is 0.565. The lowest BCUT2D eigenvalue weighted by atomic mass is 10.00. The lowest BCUT2D eigenvalue weighted by Gasteiger charge is -2.38. The second-order valence-corrected chi connectivity index (χ2v) is 8.12. The van der Waals surface area contributed by atoms with Crippen molar-refractivity contribution in [1.82, 2.24) is 24.5 Å².